The second-order valence-corrected chi connectivity index (χ2v) is 16.8. The molecule has 2 aromatic heterocycles. The third-order valence-corrected chi connectivity index (χ3v) is 14.2. The van der Waals surface area contributed by atoms with Gasteiger partial charge < -0.3 is 0 Å². The highest BCUT2D eigenvalue weighted by molar-refractivity contribution is 7.26. The maximum atomic E-state index is 5.26. The van der Waals surface area contributed by atoms with Gasteiger partial charge in [-0.2, -0.15) is 0 Å². The zero-order valence-electron chi connectivity index (χ0n) is 31.4. The largest absolute Gasteiger partial charge is 0.256 e. The van der Waals surface area contributed by atoms with E-state index in [0.29, 0.717) is 0 Å². The predicted octanol–water partition coefficient (Wildman–Crippen LogP) is 15.1. The molecule has 1 nitrogen and oxygen atoms in total. The Balaban J connectivity index is 0.986. The molecular weight excluding hydrogens is 719 g/mol. The van der Waals surface area contributed by atoms with Gasteiger partial charge in [-0.3, -0.25) is 4.98 Å². The molecule has 0 amide bonds. The lowest BCUT2D eigenvalue weighted by atomic mass is 9.70. The fraction of sp³-hybridized carbons (Fsp3) is 0.0179. The minimum absolute atomic E-state index is 0.380. The Hall–Kier alpha value is -7.13. The molecule has 0 unspecified atom stereocenters. The molecule has 13 rings (SSSR count). The van der Waals surface area contributed by atoms with Crippen LogP contribution in [0, 0.1) is 0 Å². The quantitative estimate of drug-likeness (QED) is 0.164. The molecule has 0 atom stereocenters. The second-order valence-electron chi connectivity index (χ2n) is 15.7. The summed E-state index contributed by atoms with van der Waals surface area (Å²) >= 11 is 1.89. The van der Waals surface area contributed by atoms with E-state index in [0.717, 1.165) is 16.8 Å². The molecule has 0 aliphatic heterocycles. The Kier molecular flexibility index (Phi) is 6.59. The lowest BCUT2D eigenvalue weighted by Crippen LogP contribution is -2.25. The van der Waals surface area contributed by atoms with Crippen LogP contribution in [0.15, 0.2) is 200 Å². The third-order valence-electron chi connectivity index (χ3n) is 13.0. The van der Waals surface area contributed by atoms with Gasteiger partial charge in [-0.05, 0) is 95.4 Å². The van der Waals surface area contributed by atoms with Crippen LogP contribution in [-0.4, -0.2) is 4.98 Å². The molecule has 2 aliphatic rings. The van der Waals surface area contributed by atoms with Crippen molar-refractivity contribution in [2.24, 2.45) is 0 Å². The van der Waals surface area contributed by atoms with E-state index < -0.39 is 0 Å². The molecule has 1 spiro atoms. The summed E-state index contributed by atoms with van der Waals surface area (Å²) in [6.45, 7) is 0. The number of thiophene rings is 1. The number of hydrogen-bond donors (Lipinski definition) is 0. The number of rotatable bonds is 3. The lowest BCUT2D eigenvalue weighted by Gasteiger charge is -2.30. The van der Waals surface area contributed by atoms with E-state index in [1.54, 1.807) is 0 Å². The van der Waals surface area contributed by atoms with E-state index in [1.807, 2.05) is 11.3 Å². The number of benzene rings is 9. The van der Waals surface area contributed by atoms with E-state index in [-0.39, 0.29) is 5.41 Å². The average Bonchev–Trinajstić information content (AvgIpc) is 3.92. The molecule has 0 saturated heterocycles. The van der Waals surface area contributed by atoms with Crippen LogP contribution in [0.5, 0.6) is 0 Å². The maximum absolute atomic E-state index is 5.26. The highest BCUT2D eigenvalue weighted by Crippen LogP contribution is 2.63. The van der Waals surface area contributed by atoms with Gasteiger partial charge in [0.1, 0.15) is 0 Å². The summed E-state index contributed by atoms with van der Waals surface area (Å²) in [6, 6.07) is 71.9. The van der Waals surface area contributed by atoms with E-state index in [2.05, 4.69) is 200 Å². The van der Waals surface area contributed by atoms with Crippen LogP contribution in [-0.2, 0) is 5.41 Å². The summed E-state index contributed by atoms with van der Waals surface area (Å²) in [5, 5.41) is 7.62. The van der Waals surface area contributed by atoms with Crippen molar-refractivity contribution < 1.29 is 0 Å². The van der Waals surface area contributed by atoms with Crippen LogP contribution < -0.4 is 0 Å². The first-order valence-corrected chi connectivity index (χ1v) is 20.9. The van der Waals surface area contributed by atoms with Crippen molar-refractivity contribution in [2.45, 2.75) is 5.41 Å². The smallest absolute Gasteiger partial charge is 0.0725 e. The van der Waals surface area contributed by atoms with Crippen molar-refractivity contribution in [1.82, 2.24) is 4.98 Å². The molecule has 58 heavy (non-hydrogen) atoms. The standard InChI is InChI=1S/C56H33NS/c1-3-20-43-41(18-1)53(42-19-2-4-21-44(42)54(43)46-23-13-22-45-40-17-8-12-27-52(40)58-55(45)46)35-29-31-51(57-33-35)34-28-30-39-38-16-7-11-26-49(38)56(50(39)32-34)47-24-9-5-14-36(47)37-15-6-10-25-48(37)56/h1-33H. The first-order valence-electron chi connectivity index (χ1n) is 20.0. The molecule has 0 fully saturated rings. The maximum Gasteiger partial charge on any atom is 0.0725 e. The molecule has 11 aromatic rings. The zero-order valence-corrected chi connectivity index (χ0v) is 32.2. The van der Waals surface area contributed by atoms with Crippen molar-refractivity contribution >= 4 is 53.1 Å². The lowest BCUT2D eigenvalue weighted by molar-refractivity contribution is 0.794. The number of pyridine rings is 1. The minimum Gasteiger partial charge on any atom is -0.256 e. The van der Waals surface area contributed by atoms with Crippen LogP contribution in [0.2, 0.25) is 0 Å². The first kappa shape index (κ1) is 32.0. The summed E-state index contributed by atoms with van der Waals surface area (Å²) in [5.41, 5.74) is 17.3. The molecule has 2 heterocycles. The highest BCUT2D eigenvalue weighted by atomic mass is 32.1. The van der Waals surface area contributed by atoms with Gasteiger partial charge in [0.15, 0.2) is 0 Å². The van der Waals surface area contributed by atoms with Gasteiger partial charge in [0.05, 0.1) is 11.1 Å². The van der Waals surface area contributed by atoms with Crippen LogP contribution in [0.4, 0.5) is 0 Å². The van der Waals surface area contributed by atoms with Gasteiger partial charge in [0.25, 0.3) is 0 Å². The fourth-order valence-corrected chi connectivity index (χ4v) is 11.9. The van der Waals surface area contributed by atoms with Gasteiger partial charge in [-0.15, -0.1) is 11.3 Å². The highest BCUT2D eigenvalue weighted by Gasteiger charge is 2.51. The summed E-state index contributed by atoms with van der Waals surface area (Å²) in [7, 11) is 0. The molecule has 2 aliphatic carbocycles. The van der Waals surface area contributed by atoms with E-state index in [1.165, 1.54) is 103 Å². The van der Waals surface area contributed by atoms with E-state index >= 15 is 0 Å². The van der Waals surface area contributed by atoms with Crippen molar-refractivity contribution in [1.29, 1.82) is 0 Å². The van der Waals surface area contributed by atoms with Gasteiger partial charge in [0, 0.05) is 43.1 Å². The van der Waals surface area contributed by atoms with Crippen molar-refractivity contribution in [2.75, 3.05) is 0 Å². The molecule has 268 valence electrons. The number of nitrogens with zero attached hydrogens (tertiary/aromatic N) is 1. The molecule has 2 heteroatoms. The van der Waals surface area contributed by atoms with Crippen LogP contribution in [0.25, 0.3) is 97.5 Å². The number of aromatic nitrogens is 1. The summed E-state index contributed by atoms with van der Waals surface area (Å²) < 4.78 is 2.66. The summed E-state index contributed by atoms with van der Waals surface area (Å²) in [5.74, 6) is 0. The fourth-order valence-electron chi connectivity index (χ4n) is 10.6. The second kappa shape index (κ2) is 11.9. The molecule has 0 radical (unpaired) electrons. The monoisotopic (exact) mass is 751 g/mol. The Bertz CT molecular complexity index is 3390. The Morgan fingerprint density at radius 3 is 1.43 bits per heavy atom. The normalized spacial score (nSPS) is 13.3. The van der Waals surface area contributed by atoms with Crippen LogP contribution in [0.1, 0.15) is 22.3 Å². The van der Waals surface area contributed by atoms with Crippen LogP contribution in [0.3, 0.4) is 0 Å². The molecule has 9 aromatic carbocycles. The Morgan fingerprint density at radius 1 is 0.345 bits per heavy atom. The number of fused-ring (bicyclic) bond motifs is 15. The van der Waals surface area contributed by atoms with Gasteiger partial charge in [0.2, 0.25) is 0 Å². The first-order chi connectivity index (χ1) is 28.8. The van der Waals surface area contributed by atoms with Gasteiger partial charge in [-0.25, -0.2) is 0 Å². The molecular formula is C56H33NS. The predicted molar refractivity (Wildman–Crippen MR) is 245 cm³/mol. The van der Waals surface area contributed by atoms with Gasteiger partial charge in [-0.1, -0.05) is 176 Å². The van der Waals surface area contributed by atoms with E-state index in [9.17, 15) is 0 Å². The molecule has 0 bridgehead atoms. The average molecular weight is 752 g/mol. The SMILES string of the molecule is c1ccc2c(c1)-c1ccccc1C21c2ccccc2-c2ccc(-c3ccc(-c4c5ccccc5c(-c5cccc6c5sc5ccccc56)c5ccccc45)cn3)cc21. The number of hydrogen-bond acceptors (Lipinski definition) is 2. The summed E-state index contributed by atoms with van der Waals surface area (Å²) in [4.78, 5) is 5.26. The van der Waals surface area contributed by atoms with Crippen LogP contribution >= 0.6 is 11.3 Å². The van der Waals surface area contributed by atoms with Crippen molar-refractivity contribution in [3.63, 3.8) is 0 Å². The van der Waals surface area contributed by atoms with Crippen molar-refractivity contribution in [3.05, 3.63) is 223 Å². The van der Waals surface area contributed by atoms with Crippen molar-refractivity contribution in [3.8, 4) is 55.8 Å². The summed E-state index contributed by atoms with van der Waals surface area (Å²) in [6.07, 6.45) is 2.09. The van der Waals surface area contributed by atoms with Gasteiger partial charge >= 0.3 is 0 Å². The molecule has 0 saturated carbocycles. The Labute approximate surface area is 340 Å². The zero-order chi connectivity index (χ0) is 38.0. The Morgan fingerprint density at radius 2 is 0.828 bits per heavy atom. The minimum atomic E-state index is -0.380. The van der Waals surface area contributed by atoms with E-state index in [4.69, 9.17) is 4.98 Å². The molecule has 0 N–H and O–H groups in total. The topological polar surface area (TPSA) is 12.9 Å². The third kappa shape index (κ3) is 4.17.